The van der Waals surface area contributed by atoms with Gasteiger partial charge in [0.1, 0.15) is 5.54 Å². The molecule has 3 nitrogen and oxygen atoms in total. The summed E-state index contributed by atoms with van der Waals surface area (Å²) in [6.45, 7) is 2.54. The summed E-state index contributed by atoms with van der Waals surface area (Å²) in [5.41, 5.74) is -0.394. The molecule has 0 radical (unpaired) electrons. The van der Waals surface area contributed by atoms with Crippen LogP contribution in [0.1, 0.15) is 39.0 Å². The van der Waals surface area contributed by atoms with Crippen LogP contribution in [0.4, 0.5) is 0 Å². The summed E-state index contributed by atoms with van der Waals surface area (Å²) >= 11 is 0. The SMILES string of the molecule is CC1(NC2CCCC2)CCOC1=O. The van der Waals surface area contributed by atoms with E-state index in [9.17, 15) is 4.79 Å². The predicted octanol–water partition coefficient (Wildman–Crippen LogP) is 1.22. The highest BCUT2D eigenvalue weighted by molar-refractivity contribution is 5.82. The molecule has 1 N–H and O–H groups in total. The summed E-state index contributed by atoms with van der Waals surface area (Å²) in [5, 5.41) is 3.43. The third-order valence-corrected chi connectivity index (χ3v) is 3.16. The van der Waals surface area contributed by atoms with Gasteiger partial charge in [-0.05, 0) is 19.8 Å². The number of cyclic esters (lactones) is 1. The fraction of sp³-hybridized carbons (Fsp3) is 0.900. The van der Waals surface area contributed by atoms with Gasteiger partial charge >= 0.3 is 5.97 Å². The average Bonchev–Trinajstić information content (AvgIpc) is 2.65. The van der Waals surface area contributed by atoms with Gasteiger partial charge in [-0.3, -0.25) is 10.1 Å². The fourth-order valence-electron chi connectivity index (χ4n) is 2.26. The molecule has 0 aromatic carbocycles. The zero-order valence-corrected chi connectivity index (χ0v) is 8.14. The van der Waals surface area contributed by atoms with Crippen molar-refractivity contribution in [3.05, 3.63) is 0 Å². The second-order valence-electron chi connectivity index (χ2n) is 4.34. The summed E-state index contributed by atoms with van der Waals surface area (Å²) in [5.74, 6) is -0.0700. The first kappa shape index (κ1) is 9.00. The van der Waals surface area contributed by atoms with Gasteiger partial charge in [-0.1, -0.05) is 12.8 Å². The Hall–Kier alpha value is -0.570. The van der Waals surface area contributed by atoms with E-state index in [4.69, 9.17) is 4.74 Å². The summed E-state index contributed by atoms with van der Waals surface area (Å²) in [7, 11) is 0. The molecule has 0 bridgehead atoms. The van der Waals surface area contributed by atoms with E-state index < -0.39 is 5.54 Å². The Balaban J connectivity index is 1.95. The predicted molar refractivity (Wildman–Crippen MR) is 49.4 cm³/mol. The number of ether oxygens (including phenoxy) is 1. The Bertz CT molecular complexity index is 211. The lowest BCUT2D eigenvalue weighted by molar-refractivity contribution is -0.143. The van der Waals surface area contributed by atoms with Crippen LogP contribution in [0.25, 0.3) is 0 Å². The largest absolute Gasteiger partial charge is 0.464 e. The maximum atomic E-state index is 11.4. The van der Waals surface area contributed by atoms with Gasteiger partial charge in [-0.2, -0.15) is 0 Å². The van der Waals surface area contributed by atoms with Crippen molar-refractivity contribution in [3.63, 3.8) is 0 Å². The summed E-state index contributed by atoms with van der Waals surface area (Å²) in [4.78, 5) is 11.4. The quantitative estimate of drug-likeness (QED) is 0.654. The van der Waals surface area contributed by atoms with Crippen LogP contribution in [0.3, 0.4) is 0 Å². The van der Waals surface area contributed by atoms with Gasteiger partial charge in [-0.15, -0.1) is 0 Å². The third kappa shape index (κ3) is 1.70. The number of carbonyl (C=O) groups excluding carboxylic acids is 1. The van der Waals surface area contributed by atoms with Crippen molar-refractivity contribution in [2.24, 2.45) is 0 Å². The molecule has 1 heterocycles. The Labute approximate surface area is 78.8 Å². The molecule has 1 saturated carbocycles. The van der Waals surface area contributed by atoms with E-state index in [1.165, 1.54) is 25.7 Å². The number of rotatable bonds is 2. The third-order valence-electron chi connectivity index (χ3n) is 3.16. The molecule has 1 aliphatic carbocycles. The molecule has 2 fully saturated rings. The van der Waals surface area contributed by atoms with E-state index in [1.54, 1.807) is 0 Å². The standard InChI is InChI=1S/C10H17NO2/c1-10(6-7-13-9(10)12)11-8-4-2-3-5-8/h8,11H,2-7H2,1H3. The van der Waals surface area contributed by atoms with Crippen LogP contribution in [0.15, 0.2) is 0 Å². The minimum Gasteiger partial charge on any atom is -0.464 e. The normalized spacial score (nSPS) is 35.3. The monoisotopic (exact) mass is 183 g/mol. The van der Waals surface area contributed by atoms with Crippen molar-refractivity contribution >= 4 is 5.97 Å². The molecule has 0 spiro atoms. The topological polar surface area (TPSA) is 38.3 Å². The highest BCUT2D eigenvalue weighted by Crippen LogP contribution is 2.25. The molecular weight excluding hydrogens is 166 g/mol. The van der Waals surface area contributed by atoms with Crippen LogP contribution in [-0.4, -0.2) is 24.2 Å². The van der Waals surface area contributed by atoms with E-state index in [0.29, 0.717) is 12.6 Å². The van der Waals surface area contributed by atoms with Crippen LogP contribution >= 0.6 is 0 Å². The number of nitrogens with one attached hydrogen (secondary N) is 1. The maximum Gasteiger partial charge on any atom is 0.326 e. The van der Waals surface area contributed by atoms with E-state index in [0.717, 1.165) is 6.42 Å². The second-order valence-corrected chi connectivity index (χ2v) is 4.34. The van der Waals surface area contributed by atoms with Crippen molar-refractivity contribution < 1.29 is 9.53 Å². The summed E-state index contributed by atoms with van der Waals surface area (Å²) in [6, 6.07) is 0.538. The highest BCUT2D eigenvalue weighted by atomic mass is 16.5. The Morgan fingerprint density at radius 2 is 2.15 bits per heavy atom. The molecule has 1 aliphatic heterocycles. The Morgan fingerprint density at radius 3 is 2.69 bits per heavy atom. The van der Waals surface area contributed by atoms with Crippen LogP contribution in [0, 0.1) is 0 Å². The van der Waals surface area contributed by atoms with Gasteiger partial charge in [0.25, 0.3) is 0 Å². The zero-order valence-electron chi connectivity index (χ0n) is 8.14. The minimum atomic E-state index is -0.394. The van der Waals surface area contributed by atoms with E-state index in [1.807, 2.05) is 6.92 Å². The molecule has 0 amide bonds. The molecule has 2 rings (SSSR count). The lowest BCUT2D eigenvalue weighted by atomic mass is 9.99. The van der Waals surface area contributed by atoms with Gasteiger partial charge in [-0.25, -0.2) is 0 Å². The first-order valence-corrected chi connectivity index (χ1v) is 5.16. The summed E-state index contributed by atoms with van der Waals surface area (Å²) in [6.07, 6.45) is 5.83. The van der Waals surface area contributed by atoms with Crippen LogP contribution in [0.5, 0.6) is 0 Å². The molecule has 1 atom stereocenters. The fourth-order valence-corrected chi connectivity index (χ4v) is 2.26. The first-order chi connectivity index (χ1) is 6.21. The highest BCUT2D eigenvalue weighted by Gasteiger charge is 2.41. The smallest absolute Gasteiger partial charge is 0.326 e. The summed E-state index contributed by atoms with van der Waals surface area (Å²) < 4.78 is 4.98. The van der Waals surface area contributed by atoms with Gasteiger partial charge in [0.05, 0.1) is 6.61 Å². The molecule has 13 heavy (non-hydrogen) atoms. The zero-order chi connectivity index (χ0) is 9.31. The molecule has 74 valence electrons. The van der Waals surface area contributed by atoms with E-state index >= 15 is 0 Å². The van der Waals surface area contributed by atoms with Crippen molar-refractivity contribution in [2.45, 2.75) is 50.6 Å². The molecule has 0 aromatic heterocycles. The Kier molecular flexibility index (Phi) is 2.28. The lowest BCUT2D eigenvalue weighted by Gasteiger charge is -2.25. The van der Waals surface area contributed by atoms with Crippen LogP contribution in [-0.2, 0) is 9.53 Å². The van der Waals surface area contributed by atoms with Crippen LogP contribution < -0.4 is 5.32 Å². The second kappa shape index (κ2) is 3.29. The van der Waals surface area contributed by atoms with E-state index in [-0.39, 0.29) is 5.97 Å². The first-order valence-electron chi connectivity index (χ1n) is 5.16. The van der Waals surface area contributed by atoms with Crippen LogP contribution in [0.2, 0.25) is 0 Å². The van der Waals surface area contributed by atoms with Crippen molar-refractivity contribution in [3.8, 4) is 0 Å². The number of hydrogen-bond donors (Lipinski definition) is 1. The van der Waals surface area contributed by atoms with Crippen molar-refractivity contribution in [1.29, 1.82) is 0 Å². The number of hydrogen-bond acceptors (Lipinski definition) is 3. The molecule has 3 heteroatoms. The van der Waals surface area contributed by atoms with Crippen molar-refractivity contribution in [1.82, 2.24) is 5.32 Å². The molecule has 1 saturated heterocycles. The maximum absolute atomic E-state index is 11.4. The number of esters is 1. The Morgan fingerprint density at radius 1 is 1.46 bits per heavy atom. The van der Waals surface area contributed by atoms with Gasteiger partial charge in [0.15, 0.2) is 0 Å². The van der Waals surface area contributed by atoms with Gasteiger partial charge in [0.2, 0.25) is 0 Å². The van der Waals surface area contributed by atoms with Gasteiger partial charge in [0, 0.05) is 12.5 Å². The van der Waals surface area contributed by atoms with Gasteiger partial charge < -0.3 is 4.74 Å². The lowest BCUT2D eigenvalue weighted by Crippen LogP contribution is -2.50. The molecule has 2 aliphatic rings. The minimum absolute atomic E-state index is 0.0700. The molecule has 0 aromatic rings. The molecular formula is C10H17NO2. The molecule has 1 unspecified atom stereocenters. The van der Waals surface area contributed by atoms with Crippen molar-refractivity contribution in [2.75, 3.05) is 6.61 Å². The number of carbonyl (C=O) groups is 1. The van der Waals surface area contributed by atoms with E-state index in [2.05, 4.69) is 5.32 Å². The average molecular weight is 183 g/mol.